The highest BCUT2D eigenvalue weighted by Gasteiger charge is 2.16. The van der Waals surface area contributed by atoms with Gasteiger partial charge >= 0.3 is 0 Å². The second-order valence-electron chi connectivity index (χ2n) is 4.44. The molecule has 0 saturated heterocycles. The number of nitrogens with one attached hydrogen (secondary N) is 1. The molecule has 2 rings (SSSR count). The van der Waals surface area contributed by atoms with E-state index in [0.29, 0.717) is 0 Å². The van der Waals surface area contributed by atoms with Crippen molar-refractivity contribution in [3.05, 3.63) is 54.6 Å². The van der Waals surface area contributed by atoms with Crippen molar-refractivity contribution < 1.29 is 0 Å². The Morgan fingerprint density at radius 1 is 1.16 bits per heavy atom. The highest BCUT2D eigenvalue weighted by atomic mass is 79.9. The smallest absolute Gasteiger partial charge is 0.0991 e. The number of hydrogen-bond donors (Lipinski definition) is 1. The molecular formula is C14H14BrCl2NS. The summed E-state index contributed by atoms with van der Waals surface area (Å²) in [5.41, 5.74) is 2.29. The molecule has 0 aliphatic carbocycles. The van der Waals surface area contributed by atoms with Crippen LogP contribution >= 0.6 is 50.5 Å². The van der Waals surface area contributed by atoms with Gasteiger partial charge in [-0.3, -0.25) is 0 Å². The highest BCUT2D eigenvalue weighted by molar-refractivity contribution is 9.10. The first-order chi connectivity index (χ1) is 8.97. The first kappa shape index (κ1) is 15.3. The van der Waals surface area contributed by atoms with Crippen LogP contribution in [0.4, 0.5) is 0 Å². The average Bonchev–Trinajstić information content (AvgIpc) is 2.68. The molecule has 1 heterocycles. The first-order valence-corrected chi connectivity index (χ1v) is 8.30. The van der Waals surface area contributed by atoms with Gasteiger partial charge in [-0.2, -0.15) is 0 Å². The maximum absolute atomic E-state index is 6.18. The Hall–Kier alpha value is -0.0600. The van der Waals surface area contributed by atoms with Crippen molar-refractivity contribution >= 4 is 50.5 Å². The number of hydrogen-bond acceptors (Lipinski definition) is 2. The first-order valence-electron chi connectivity index (χ1n) is 5.93. The summed E-state index contributed by atoms with van der Waals surface area (Å²) >= 11 is 17.1. The Kier molecular flexibility index (Phi) is 5.32. The van der Waals surface area contributed by atoms with E-state index in [2.05, 4.69) is 47.2 Å². The van der Waals surface area contributed by atoms with E-state index in [1.54, 1.807) is 0 Å². The maximum atomic E-state index is 6.18. The predicted octanol–water partition coefficient (Wildman–Crippen LogP) is 6.23. The normalized spacial score (nSPS) is 14.4. The van der Waals surface area contributed by atoms with Crippen LogP contribution in [0.1, 0.15) is 37.1 Å². The van der Waals surface area contributed by atoms with Crippen LogP contribution in [0, 0.1) is 0 Å². The van der Waals surface area contributed by atoms with Crippen LogP contribution in [0.2, 0.25) is 8.67 Å². The topological polar surface area (TPSA) is 12.0 Å². The quantitative estimate of drug-likeness (QED) is 0.664. The highest BCUT2D eigenvalue weighted by Crippen LogP contribution is 2.35. The molecule has 102 valence electrons. The lowest BCUT2D eigenvalue weighted by atomic mass is 10.1. The molecule has 0 aliphatic heterocycles. The van der Waals surface area contributed by atoms with E-state index in [0.717, 1.165) is 18.7 Å². The summed E-state index contributed by atoms with van der Waals surface area (Å²) in [6.45, 7) is 4.24. The van der Waals surface area contributed by atoms with Crippen molar-refractivity contribution in [2.75, 3.05) is 0 Å². The molecule has 0 bridgehead atoms. The van der Waals surface area contributed by atoms with Crippen LogP contribution in [0.3, 0.4) is 0 Å². The Morgan fingerprint density at radius 3 is 2.47 bits per heavy atom. The maximum Gasteiger partial charge on any atom is 0.0991 e. The van der Waals surface area contributed by atoms with Gasteiger partial charge in [-0.05, 0) is 43.2 Å². The van der Waals surface area contributed by atoms with Crippen LogP contribution in [0.15, 0.2) is 34.8 Å². The molecule has 2 aromatic rings. The largest absolute Gasteiger partial charge is 0.304 e. The zero-order valence-corrected chi connectivity index (χ0v) is 14.5. The van der Waals surface area contributed by atoms with Gasteiger partial charge in [0.15, 0.2) is 0 Å². The van der Waals surface area contributed by atoms with E-state index in [-0.39, 0.29) is 12.1 Å². The fourth-order valence-corrected chi connectivity index (χ4v) is 4.05. The van der Waals surface area contributed by atoms with Gasteiger partial charge in [0.05, 0.1) is 8.67 Å². The minimum absolute atomic E-state index is 0.158. The minimum Gasteiger partial charge on any atom is -0.304 e. The van der Waals surface area contributed by atoms with Gasteiger partial charge < -0.3 is 5.32 Å². The molecule has 0 fully saturated rings. The van der Waals surface area contributed by atoms with E-state index >= 15 is 0 Å². The lowest BCUT2D eigenvalue weighted by molar-refractivity contribution is 0.495. The van der Waals surface area contributed by atoms with E-state index in [1.165, 1.54) is 16.9 Å². The van der Waals surface area contributed by atoms with Gasteiger partial charge in [-0.25, -0.2) is 0 Å². The van der Waals surface area contributed by atoms with Crippen molar-refractivity contribution in [3.8, 4) is 0 Å². The van der Waals surface area contributed by atoms with Crippen LogP contribution in [-0.4, -0.2) is 0 Å². The molecule has 1 aromatic carbocycles. The molecule has 0 aliphatic rings. The summed E-state index contributed by atoms with van der Waals surface area (Å²) in [5, 5.41) is 3.54. The van der Waals surface area contributed by atoms with Gasteiger partial charge in [0.1, 0.15) is 0 Å². The number of halogens is 3. The summed E-state index contributed by atoms with van der Waals surface area (Å²) in [6.07, 6.45) is 0. The summed E-state index contributed by atoms with van der Waals surface area (Å²) < 4.78 is 2.57. The van der Waals surface area contributed by atoms with Crippen LogP contribution in [-0.2, 0) is 0 Å². The number of benzene rings is 1. The van der Waals surface area contributed by atoms with Gasteiger partial charge in [0, 0.05) is 16.6 Å². The van der Waals surface area contributed by atoms with Crippen molar-refractivity contribution in [2.24, 2.45) is 0 Å². The van der Waals surface area contributed by atoms with Crippen molar-refractivity contribution in [3.63, 3.8) is 0 Å². The Labute approximate surface area is 136 Å². The Balaban J connectivity index is 2.10. The van der Waals surface area contributed by atoms with Crippen molar-refractivity contribution in [1.29, 1.82) is 0 Å². The molecular weight excluding hydrogens is 365 g/mol. The molecule has 1 aromatic heterocycles. The fourth-order valence-electron chi connectivity index (χ4n) is 1.99. The average molecular weight is 379 g/mol. The van der Waals surface area contributed by atoms with E-state index in [9.17, 15) is 0 Å². The number of rotatable bonds is 4. The standard InChI is InChI=1S/C14H14BrCl2NS/c1-8(10-4-3-5-11(15)6-10)18-9(2)12-7-13(16)19-14(12)17/h3-9,18H,1-2H3/t8-,9?/m1/s1. The summed E-state index contributed by atoms with van der Waals surface area (Å²) in [7, 11) is 0. The number of thiophene rings is 1. The van der Waals surface area contributed by atoms with Crippen molar-refractivity contribution in [2.45, 2.75) is 25.9 Å². The molecule has 5 heteroatoms. The second-order valence-corrected chi connectivity index (χ2v) is 7.65. The summed E-state index contributed by atoms with van der Waals surface area (Å²) in [5.74, 6) is 0. The zero-order valence-electron chi connectivity index (χ0n) is 10.6. The summed E-state index contributed by atoms with van der Waals surface area (Å²) in [4.78, 5) is 0. The fraction of sp³-hybridized carbons (Fsp3) is 0.286. The predicted molar refractivity (Wildman–Crippen MR) is 88.4 cm³/mol. The molecule has 0 saturated carbocycles. The second kappa shape index (κ2) is 6.59. The third kappa shape index (κ3) is 3.96. The van der Waals surface area contributed by atoms with E-state index in [4.69, 9.17) is 23.2 Å². The molecule has 2 atom stereocenters. The third-order valence-corrected chi connectivity index (χ3v) is 5.01. The zero-order chi connectivity index (χ0) is 14.0. The molecule has 1 nitrogen and oxygen atoms in total. The van der Waals surface area contributed by atoms with E-state index < -0.39 is 0 Å². The van der Waals surface area contributed by atoms with Crippen molar-refractivity contribution in [1.82, 2.24) is 5.32 Å². The van der Waals surface area contributed by atoms with Gasteiger partial charge in [0.2, 0.25) is 0 Å². The van der Waals surface area contributed by atoms with E-state index in [1.807, 2.05) is 18.2 Å². The Morgan fingerprint density at radius 2 is 1.89 bits per heavy atom. The Bertz CT molecular complexity index is 570. The molecule has 19 heavy (non-hydrogen) atoms. The van der Waals surface area contributed by atoms with Gasteiger partial charge in [-0.1, -0.05) is 51.3 Å². The SMILES string of the molecule is CC(N[C@H](C)c1cccc(Br)c1)c1cc(Cl)sc1Cl. The third-order valence-electron chi connectivity index (χ3n) is 3.00. The van der Waals surface area contributed by atoms with Crippen LogP contribution in [0.25, 0.3) is 0 Å². The lowest BCUT2D eigenvalue weighted by Gasteiger charge is -2.20. The van der Waals surface area contributed by atoms with Crippen LogP contribution in [0.5, 0.6) is 0 Å². The molecule has 0 amide bonds. The summed E-state index contributed by atoms with van der Waals surface area (Å²) in [6, 6.07) is 10.6. The molecule has 1 unspecified atom stereocenters. The van der Waals surface area contributed by atoms with Crippen LogP contribution < -0.4 is 5.32 Å². The molecule has 0 spiro atoms. The van der Waals surface area contributed by atoms with Gasteiger partial charge in [-0.15, -0.1) is 11.3 Å². The molecule has 1 N–H and O–H groups in total. The molecule has 0 radical (unpaired) electrons. The lowest BCUT2D eigenvalue weighted by Crippen LogP contribution is -2.22. The monoisotopic (exact) mass is 377 g/mol. The minimum atomic E-state index is 0.158. The van der Waals surface area contributed by atoms with Gasteiger partial charge in [0.25, 0.3) is 0 Å².